The van der Waals surface area contributed by atoms with E-state index in [2.05, 4.69) is 5.10 Å². The third-order valence-electron chi connectivity index (χ3n) is 6.99. The van der Waals surface area contributed by atoms with E-state index in [4.69, 9.17) is 35.6 Å². The summed E-state index contributed by atoms with van der Waals surface area (Å²) in [5, 5.41) is 4.51. The van der Waals surface area contributed by atoms with Gasteiger partial charge in [0.05, 0.1) is 16.7 Å². The average Bonchev–Trinajstić information content (AvgIpc) is 3.61. The Bertz CT molecular complexity index is 1860. The Hall–Kier alpha value is -5.39. The summed E-state index contributed by atoms with van der Waals surface area (Å²) in [7, 11) is 0. The monoisotopic (exact) mass is 622 g/mol. The molecule has 0 aliphatic carbocycles. The molecule has 0 N–H and O–H groups in total. The highest BCUT2D eigenvalue weighted by atomic mass is 32.1. The van der Waals surface area contributed by atoms with Crippen LogP contribution in [0.15, 0.2) is 120 Å². The van der Waals surface area contributed by atoms with Gasteiger partial charge in [-0.05, 0) is 67.7 Å². The van der Waals surface area contributed by atoms with Crippen LogP contribution in [0.4, 0.5) is 0 Å². The third-order valence-corrected chi connectivity index (χ3v) is 7.26. The van der Waals surface area contributed by atoms with E-state index in [1.165, 1.54) is 4.68 Å². The van der Waals surface area contributed by atoms with Crippen molar-refractivity contribution in [1.29, 1.82) is 0 Å². The SMILES string of the molecule is Cc1ccc(-c2nn(C3OC(OC(=O)c4ccccc4)C(OC(=O)c4ccccc4)C3OC(=O)c3ccccc3)c(=S)o2)cc1. The minimum absolute atomic E-state index is 0.112. The van der Waals surface area contributed by atoms with Crippen molar-refractivity contribution in [3.63, 3.8) is 0 Å². The number of carbonyl (C=O) groups excluding carboxylic acids is 3. The fourth-order valence-corrected chi connectivity index (χ4v) is 4.91. The minimum Gasteiger partial charge on any atom is -0.450 e. The van der Waals surface area contributed by atoms with E-state index < -0.39 is 42.6 Å². The van der Waals surface area contributed by atoms with E-state index in [-0.39, 0.29) is 27.4 Å². The maximum absolute atomic E-state index is 13.4. The first kappa shape index (κ1) is 29.7. The summed E-state index contributed by atoms with van der Waals surface area (Å²) in [5.41, 5.74) is 2.37. The van der Waals surface area contributed by atoms with Crippen molar-refractivity contribution in [1.82, 2.24) is 9.78 Å². The van der Waals surface area contributed by atoms with Crippen LogP contribution < -0.4 is 0 Å². The summed E-state index contributed by atoms with van der Waals surface area (Å²) >= 11 is 5.50. The van der Waals surface area contributed by atoms with E-state index in [1.807, 2.05) is 31.2 Å². The zero-order valence-electron chi connectivity index (χ0n) is 23.8. The molecule has 4 atom stereocenters. The molecule has 4 aromatic carbocycles. The van der Waals surface area contributed by atoms with E-state index in [1.54, 1.807) is 91.0 Å². The molecule has 226 valence electrons. The standard InChI is InChI=1S/C34H26N2O8S/c1-21-17-19-22(20-18-21)28-35-36(34(45)42-28)29-26(40-30(37)23-11-5-2-6-12-23)27(41-31(38)24-13-7-3-8-14-24)33(43-29)44-32(39)25-15-9-4-10-16-25/h2-20,26-27,29,33H,1H3. The highest BCUT2D eigenvalue weighted by Crippen LogP contribution is 2.37. The summed E-state index contributed by atoms with van der Waals surface area (Å²) in [6, 6.07) is 32.1. The van der Waals surface area contributed by atoms with Crippen LogP contribution in [0.3, 0.4) is 0 Å². The van der Waals surface area contributed by atoms with E-state index >= 15 is 0 Å². The zero-order chi connectivity index (χ0) is 31.3. The molecule has 1 saturated heterocycles. The molecule has 4 unspecified atom stereocenters. The Morgan fingerprint density at radius 2 is 1.13 bits per heavy atom. The number of aryl methyl sites for hydroxylation is 1. The first-order valence-corrected chi connectivity index (χ1v) is 14.4. The molecule has 0 spiro atoms. The maximum Gasteiger partial charge on any atom is 0.340 e. The molecular weight excluding hydrogens is 596 g/mol. The van der Waals surface area contributed by atoms with Crippen LogP contribution >= 0.6 is 12.2 Å². The molecular formula is C34H26N2O8S. The smallest absolute Gasteiger partial charge is 0.340 e. The molecule has 0 saturated carbocycles. The van der Waals surface area contributed by atoms with Crippen molar-refractivity contribution < 1.29 is 37.7 Å². The van der Waals surface area contributed by atoms with Gasteiger partial charge >= 0.3 is 17.9 Å². The van der Waals surface area contributed by atoms with Gasteiger partial charge in [0.15, 0.2) is 12.3 Å². The van der Waals surface area contributed by atoms with Gasteiger partial charge in [0, 0.05) is 5.56 Å². The van der Waals surface area contributed by atoms with Crippen molar-refractivity contribution in [2.75, 3.05) is 0 Å². The van der Waals surface area contributed by atoms with Crippen molar-refractivity contribution in [2.24, 2.45) is 0 Å². The molecule has 0 amide bonds. The fraction of sp³-hybridized carbons (Fsp3) is 0.147. The predicted molar refractivity (Wildman–Crippen MR) is 163 cm³/mol. The number of nitrogens with zero attached hydrogens (tertiary/aromatic N) is 2. The minimum atomic E-state index is -1.52. The second-order valence-corrected chi connectivity index (χ2v) is 10.5. The molecule has 2 heterocycles. The number of ether oxygens (including phenoxy) is 4. The molecule has 0 radical (unpaired) electrons. The molecule has 11 heteroatoms. The third kappa shape index (κ3) is 6.59. The average molecular weight is 623 g/mol. The lowest BCUT2D eigenvalue weighted by atomic mass is 10.1. The number of benzene rings is 4. The highest BCUT2D eigenvalue weighted by Gasteiger charge is 2.54. The number of esters is 3. The van der Waals surface area contributed by atoms with Crippen LogP contribution in [0.1, 0.15) is 42.9 Å². The van der Waals surface area contributed by atoms with Gasteiger partial charge < -0.3 is 23.4 Å². The normalized spacial score (nSPS) is 19.0. The van der Waals surface area contributed by atoms with E-state index in [0.717, 1.165) is 5.56 Å². The summed E-state index contributed by atoms with van der Waals surface area (Å²) in [6.07, 6.45) is -5.63. The highest BCUT2D eigenvalue weighted by molar-refractivity contribution is 7.71. The van der Waals surface area contributed by atoms with Crippen molar-refractivity contribution >= 4 is 30.1 Å². The number of aromatic nitrogens is 2. The van der Waals surface area contributed by atoms with Gasteiger partial charge in [0.25, 0.3) is 4.84 Å². The Kier molecular flexibility index (Phi) is 8.63. The molecule has 1 aliphatic rings. The molecule has 1 aliphatic heterocycles. The number of hydrogen-bond donors (Lipinski definition) is 0. The molecule has 1 aromatic heterocycles. The molecule has 0 bridgehead atoms. The van der Waals surface area contributed by atoms with Gasteiger partial charge in [0.1, 0.15) is 0 Å². The van der Waals surface area contributed by atoms with Gasteiger partial charge in [-0.3, -0.25) is 0 Å². The summed E-state index contributed by atoms with van der Waals surface area (Å²) in [4.78, 5) is 39.7. The predicted octanol–water partition coefficient (Wildman–Crippen LogP) is 6.34. The molecule has 45 heavy (non-hydrogen) atoms. The largest absolute Gasteiger partial charge is 0.450 e. The van der Waals surface area contributed by atoms with Gasteiger partial charge in [0.2, 0.25) is 18.3 Å². The van der Waals surface area contributed by atoms with Crippen LogP contribution in [0.25, 0.3) is 11.5 Å². The van der Waals surface area contributed by atoms with Crippen LogP contribution in [0.2, 0.25) is 0 Å². The van der Waals surface area contributed by atoms with Crippen LogP contribution in [0.5, 0.6) is 0 Å². The Labute approximate surface area is 262 Å². The Balaban J connectivity index is 1.40. The van der Waals surface area contributed by atoms with Crippen LogP contribution in [-0.2, 0) is 18.9 Å². The summed E-state index contributed by atoms with van der Waals surface area (Å²) in [5.74, 6) is -2.06. The van der Waals surface area contributed by atoms with Crippen LogP contribution in [-0.4, -0.2) is 46.2 Å². The second kappa shape index (κ2) is 13.1. The summed E-state index contributed by atoms with van der Waals surface area (Å²) in [6.45, 7) is 1.95. The number of hydrogen-bond acceptors (Lipinski definition) is 10. The summed E-state index contributed by atoms with van der Waals surface area (Å²) < 4.78 is 30.7. The lowest BCUT2D eigenvalue weighted by Gasteiger charge is -2.24. The molecule has 6 rings (SSSR count). The van der Waals surface area contributed by atoms with E-state index in [0.29, 0.717) is 5.56 Å². The molecule has 5 aromatic rings. The number of carbonyl (C=O) groups is 3. The van der Waals surface area contributed by atoms with Crippen molar-refractivity contribution in [2.45, 2.75) is 31.6 Å². The first-order chi connectivity index (χ1) is 21.9. The number of rotatable bonds is 8. The second-order valence-electron chi connectivity index (χ2n) is 10.1. The van der Waals surface area contributed by atoms with Crippen molar-refractivity contribution in [3.8, 4) is 11.5 Å². The zero-order valence-corrected chi connectivity index (χ0v) is 24.7. The van der Waals surface area contributed by atoms with Crippen LogP contribution in [0, 0.1) is 11.8 Å². The molecule has 1 fully saturated rings. The Morgan fingerprint density at radius 1 is 0.667 bits per heavy atom. The lowest BCUT2D eigenvalue weighted by molar-refractivity contribution is -0.151. The maximum atomic E-state index is 13.4. The van der Waals surface area contributed by atoms with E-state index in [9.17, 15) is 14.4 Å². The lowest BCUT2D eigenvalue weighted by Crippen LogP contribution is -2.41. The van der Waals surface area contributed by atoms with Gasteiger partial charge in [-0.2, -0.15) is 4.68 Å². The Morgan fingerprint density at radius 3 is 1.64 bits per heavy atom. The first-order valence-electron chi connectivity index (χ1n) is 14.0. The van der Waals surface area contributed by atoms with Crippen molar-refractivity contribution in [3.05, 3.63) is 142 Å². The molecule has 10 nitrogen and oxygen atoms in total. The fourth-order valence-electron chi connectivity index (χ4n) is 4.69. The van der Waals surface area contributed by atoms with Gasteiger partial charge in [-0.1, -0.05) is 72.3 Å². The van der Waals surface area contributed by atoms with Gasteiger partial charge in [-0.15, -0.1) is 5.10 Å². The van der Waals surface area contributed by atoms with Gasteiger partial charge in [-0.25, -0.2) is 14.4 Å². The quantitative estimate of drug-likeness (QED) is 0.110. The topological polar surface area (TPSA) is 119 Å².